The minimum Gasteiger partial charge on any atom is -0.489 e. The summed E-state index contributed by atoms with van der Waals surface area (Å²) < 4.78 is 5.98. The summed E-state index contributed by atoms with van der Waals surface area (Å²) in [5, 5.41) is 4.73. The normalized spacial score (nSPS) is 13.1. The van der Waals surface area contributed by atoms with Crippen LogP contribution in [0.2, 0.25) is 0 Å². The Morgan fingerprint density at radius 3 is 2.72 bits per heavy atom. The van der Waals surface area contributed by atoms with Gasteiger partial charge < -0.3 is 10.1 Å². The van der Waals surface area contributed by atoms with Crippen LogP contribution < -0.4 is 10.1 Å². The van der Waals surface area contributed by atoms with Crippen molar-refractivity contribution in [2.45, 2.75) is 32.3 Å². The first-order chi connectivity index (χ1) is 14.4. The second-order valence-electron chi connectivity index (χ2n) is 7.45. The summed E-state index contributed by atoms with van der Waals surface area (Å²) in [5.41, 5.74) is 6.78. The Morgan fingerprint density at radius 1 is 0.897 bits per heavy atom. The molecule has 0 bridgehead atoms. The number of hydrogen-bond acceptors (Lipinski definition) is 4. The Kier molecular flexibility index (Phi) is 4.83. The van der Waals surface area contributed by atoms with Gasteiger partial charge in [-0.15, -0.1) is 0 Å². The molecule has 0 unspecified atom stereocenters. The van der Waals surface area contributed by atoms with Gasteiger partial charge in [0.05, 0.1) is 5.69 Å². The number of hydrogen-bond donors (Lipinski definition) is 1. The van der Waals surface area contributed by atoms with Crippen molar-refractivity contribution in [3.05, 3.63) is 89.7 Å². The minimum absolute atomic E-state index is 0.555. The van der Waals surface area contributed by atoms with Crippen molar-refractivity contribution in [1.82, 2.24) is 9.97 Å². The van der Waals surface area contributed by atoms with E-state index >= 15 is 0 Å². The Hall–Kier alpha value is -3.40. The van der Waals surface area contributed by atoms with Gasteiger partial charge in [0.2, 0.25) is 0 Å². The Balaban J connectivity index is 1.42. The van der Waals surface area contributed by atoms with Crippen molar-refractivity contribution in [3.8, 4) is 5.75 Å². The van der Waals surface area contributed by atoms with Gasteiger partial charge in [-0.05, 0) is 60.6 Å². The third-order valence-corrected chi connectivity index (χ3v) is 5.45. The van der Waals surface area contributed by atoms with Crippen LogP contribution in [0.1, 0.15) is 29.5 Å². The number of nitrogens with one attached hydrogen (secondary N) is 1. The van der Waals surface area contributed by atoms with Crippen molar-refractivity contribution in [1.29, 1.82) is 0 Å². The number of aryl methyl sites for hydroxylation is 2. The largest absolute Gasteiger partial charge is 0.489 e. The van der Waals surface area contributed by atoms with E-state index in [1.165, 1.54) is 24.0 Å². The molecule has 4 heteroatoms. The van der Waals surface area contributed by atoms with Crippen molar-refractivity contribution < 1.29 is 4.74 Å². The molecule has 0 amide bonds. The highest BCUT2D eigenvalue weighted by Gasteiger charge is 2.16. The number of ether oxygens (including phenoxy) is 1. The van der Waals surface area contributed by atoms with Crippen molar-refractivity contribution in [3.63, 3.8) is 0 Å². The molecule has 0 spiro atoms. The van der Waals surface area contributed by atoms with Gasteiger partial charge in [0.15, 0.2) is 5.65 Å². The lowest BCUT2D eigenvalue weighted by molar-refractivity contribution is 0.306. The zero-order chi connectivity index (χ0) is 19.5. The molecule has 0 saturated heterocycles. The number of benzene rings is 2. The third kappa shape index (κ3) is 3.79. The summed E-state index contributed by atoms with van der Waals surface area (Å²) >= 11 is 0. The van der Waals surface area contributed by atoms with E-state index in [9.17, 15) is 0 Å². The standard InChI is InChI=1S/C25H23N3O/c1-2-7-18(8-3-1)17-29-21-11-6-10-20(15-21)28-23-13-14-26-25-24(23)22-12-5-4-9-19(22)16-27-25/h1-3,6-8,10-11,13-16H,4-5,9,12,17H2,(H,26,27,28). The molecule has 5 rings (SSSR count). The van der Waals surface area contributed by atoms with Crippen molar-refractivity contribution in [2.24, 2.45) is 0 Å². The molecule has 1 aliphatic carbocycles. The lowest BCUT2D eigenvalue weighted by Gasteiger charge is -2.19. The maximum atomic E-state index is 5.98. The Labute approximate surface area is 170 Å². The molecule has 144 valence electrons. The van der Waals surface area contributed by atoms with Crippen LogP contribution in [0.4, 0.5) is 11.4 Å². The second-order valence-corrected chi connectivity index (χ2v) is 7.45. The van der Waals surface area contributed by atoms with E-state index in [1.807, 2.05) is 54.9 Å². The molecular weight excluding hydrogens is 358 g/mol. The highest BCUT2D eigenvalue weighted by molar-refractivity contribution is 5.94. The van der Waals surface area contributed by atoms with Crippen LogP contribution in [0, 0.1) is 0 Å². The quantitative estimate of drug-likeness (QED) is 0.472. The average molecular weight is 381 g/mol. The first-order valence-electron chi connectivity index (χ1n) is 10.2. The van der Waals surface area contributed by atoms with E-state index < -0.39 is 0 Å². The van der Waals surface area contributed by atoms with E-state index in [1.54, 1.807) is 0 Å². The maximum Gasteiger partial charge on any atom is 0.161 e. The molecule has 2 heterocycles. The zero-order valence-electron chi connectivity index (χ0n) is 16.3. The monoisotopic (exact) mass is 381 g/mol. The third-order valence-electron chi connectivity index (χ3n) is 5.45. The summed E-state index contributed by atoms with van der Waals surface area (Å²) in [4.78, 5) is 9.10. The molecule has 29 heavy (non-hydrogen) atoms. The summed E-state index contributed by atoms with van der Waals surface area (Å²) in [5.74, 6) is 0.845. The summed E-state index contributed by atoms with van der Waals surface area (Å²) in [6.07, 6.45) is 8.49. The van der Waals surface area contributed by atoms with Gasteiger partial charge >= 0.3 is 0 Å². The summed E-state index contributed by atoms with van der Waals surface area (Å²) in [6.45, 7) is 0.555. The fraction of sp³-hybridized carbons (Fsp3) is 0.200. The molecule has 0 atom stereocenters. The summed E-state index contributed by atoms with van der Waals surface area (Å²) in [7, 11) is 0. The topological polar surface area (TPSA) is 47.0 Å². The van der Waals surface area contributed by atoms with E-state index in [-0.39, 0.29) is 0 Å². The van der Waals surface area contributed by atoms with Gasteiger partial charge in [0, 0.05) is 29.5 Å². The van der Waals surface area contributed by atoms with E-state index in [2.05, 4.69) is 33.5 Å². The molecule has 2 aromatic heterocycles. The average Bonchev–Trinajstić information content (AvgIpc) is 2.79. The number of nitrogens with zero attached hydrogens (tertiary/aromatic N) is 2. The molecule has 4 aromatic rings. The fourth-order valence-electron chi connectivity index (χ4n) is 4.01. The van der Waals surface area contributed by atoms with E-state index in [0.29, 0.717) is 6.61 Å². The molecule has 4 nitrogen and oxygen atoms in total. The van der Waals surface area contributed by atoms with Crippen molar-refractivity contribution in [2.75, 3.05) is 5.32 Å². The van der Waals surface area contributed by atoms with E-state index in [4.69, 9.17) is 4.74 Å². The van der Waals surface area contributed by atoms with Gasteiger partial charge in [0.25, 0.3) is 0 Å². The number of anilines is 2. The van der Waals surface area contributed by atoms with Gasteiger partial charge in [0.1, 0.15) is 12.4 Å². The predicted octanol–water partition coefficient (Wildman–Crippen LogP) is 5.83. The van der Waals surface area contributed by atoms with Crippen LogP contribution in [0.25, 0.3) is 11.0 Å². The first kappa shape index (κ1) is 17.7. The number of fused-ring (bicyclic) bond motifs is 3. The number of aromatic nitrogens is 2. The van der Waals surface area contributed by atoms with Gasteiger partial charge in [-0.3, -0.25) is 0 Å². The minimum atomic E-state index is 0.555. The highest BCUT2D eigenvalue weighted by Crippen LogP contribution is 2.33. The molecular formula is C25H23N3O. The first-order valence-corrected chi connectivity index (χ1v) is 10.2. The molecule has 0 radical (unpaired) electrons. The van der Waals surface area contributed by atoms with Gasteiger partial charge in [-0.25, -0.2) is 9.97 Å². The molecule has 0 fully saturated rings. The number of pyridine rings is 2. The lowest BCUT2D eigenvalue weighted by Crippen LogP contribution is -2.06. The molecule has 0 saturated carbocycles. The fourth-order valence-corrected chi connectivity index (χ4v) is 4.01. The Bertz CT molecular complexity index is 1140. The van der Waals surface area contributed by atoms with Crippen LogP contribution in [-0.2, 0) is 19.4 Å². The van der Waals surface area contributed by atoms with Crippen LogP contribution in [0.5, 0.6) is 5.75 Å². The predicted molar refractivity (Wildman–Crippen MR) is 117 cm³/mol. The Morgan fingerprint density at radius 2 is 1.79 bits per heavy atom. The second kappa shape index (κ2) is 7.92. The highest BCUT2D eigenvalue weighted by atomic mass is 16.5. The van der Waals surface area contributed by atoms with Crippen LogP contribution in [-0.4, -0.2) is 9.97 Å². The smallest absolute Gasteiger partial charge is 0.161 e. The molecule has 0 aliphatic heterocycles. The van der Waals surface area contributed by atoms with Crippen LogP contribution in [0.3, 0.4) is 0 Å². The van der Waals surface area contributed by atoms with Gasteiger partial charge in [-0.1, -0.05) is 36.4 Å². The van der Waals surface area contributed by atoms with Crippen molar-refractivity contribution >= 4 is 22.4 Å². The van der Waals surface area contributed by atoms with E-state index in [0.717, 1.165) is 46.6 Å². The summed E-state index contributed by atoms with van der Waals surface area (Å²) in [6, 6.07) is 20.4. The molecule has 1 aliphatic rings. The van der Waals surface area contributed by atoms with Gasteiger partial charge in [-0.2, -0.15) is 0 Å². The molecule has 2 aromatic carbocycles. The van der Waals surface area contributed by atoms with Crippen LogP contribution in [0.15, 0.2) is 73.1 Å². The number of rotatable bonds is 5. The zero-order valence-corrected chi connectivity index (χ0v) is 16.3. The lowest BCUT2D eigenvalue weighted by atomic mass is 9.90. The maximum absolute atomic E-state index is 5.98. The van der Waals surface area contributed by atoms with Crippen LogP contribution >= 0.6 is 0 Å². The molecule has 1 N–H and O–H groups in total. The SMILES string of the molecule is c1ccc(COc2cccc(Nc3ccnc4ncc5c(c34)CCCC5)c2)cc1.